The summed E-state index contributed by atoms with van der Waals surface area (Å²) < 4.78 is 5.04. The van der Waals surface area contributed by atoms with E-state index >= 15 is 0 Å². The molecule has 1 unspecified atom stereocenters. The first kappa shape index (κ1) is 9.96. The minimum atomic E-state index is -1.05. The third-order valence-corrected chi connectivity index (χ3v) is 1.92. The maximum atomic E-state index is 11.3. The number of carbonyl (C=O) groups excluding carboxylic acids is 1. The summed E-state index contributed by atoms with van der Waals surface area (Å²) in [5, 5.41) is 17.7. The van der Waals surface area contributed by atoms with Crippen LogP contribution in [0.5, 0.6) is 0 Å². The first-order valence-electron chi connectivity index (χ1n) is 4.12. The topological polar surface area (TPSA) is 73.6 Å². The van der Waals surface area contributed by atoms with Crippen molar-refractivity contribution in [2.75, 3.05) is 19.8 Å². The molecule has 1 amide bonds. The molecule has 0 aromatic rings. The fourth-order valence-electron chi connectivity index (χ4n) is 1.21. The lowest BCUT2D eigenvalue weighted by Crippen LogP contribution is -2.50. The summed E-state index contributed by atoms with van der Waals surface area (Å²) in [7, 11) is 0. The highest BCUT2D eigenvalue weighted by Crippen LogP contribution is 2.07. The Hall–Kier alpha value is -1.12. The molecule has 1 aliphatic heterocycles. The van der Waals surface area contributed by atoms with Gasteiger partial charge in [-0.25, -0.2) is 0 Å². The largest absolute Gasteiger partial charge is 0.384 e. The van der Waals surface area contributed by atoms with Crippen LogP contribution in [0.1, 0.15) is 6.92 Å². The van der Waals surface area contributed by atoms with Crippen molar-refractivity contribution in [3.05, 3.63) is 0 Å². The summed E-state index contributed by atoms with van der Waals surface area (Å²) in [5.41, 5.74) is 0. The van der Waals surface area contributed by atoms with E-state index in [4.69, 9.17) is 15.1 Å². The van der Waals surface area contributed by atoms with Crippen LogP contribution in [0, 0.1) is 11.3 Å². The average Bonchev–Trinajstić information content (AvgIpc) is 2.16. The predicted octanol–water partition coefficient (Wildman–Crippen LogP) is -0.882. The third kappa shape index (κ3) is 2.17. The standard InChI is InChI=1S/C8H12N2O3/c1-6(11)8(12)10-2-3-13-5-7(10)4-9/h6-7,11H,2-3,5H2,1H3/t6-,7?/m0/s1. The molecule has 1 heterocycles. The molecule has 0 aliphatic carbocycles. The number of amides is 1. The molecule has 5 heteroatoms. The lowest BCUT2D eigenvalue weighted by Gasteiger charge is -2.32. The number of nitrogens with zero attached hydrogens (tertiary/aromatic N) is 2. The van der Waals surface area contributed by atoms with Crippen molar-refractivity contribution in [1.82, 2.24) is 4.90 Å². The van der Waals surface area contributed by atoms with Gasteiger partial charge in [-0.3, -0.25) is 4.79 Å². The van der Waals surface area contributed by atoms with E-state index in [0.717, 1.165) is 0 Å². The zero-order valence-corrected chi connectivity index (χ0v) is 7.43. The van der Waals surface area contributed by atoms with Gasteiger partial charge in [-0.2, -0.15) is 5.26 Å². The molecular weight excluding hydrogens is 172 g/mol. The normalized spacial score (nSPS) is 25.0. The molecule has 5 nitrogen and oxygen atoms in total. The lowest BCUT2D eigenvalue weighted by molar-refractivity contribution is -0.145. The zero-order chi connectivity index (χ0) is 9.84. The number of aliphatic hydroxyl groups is 1. The van der Waals surface area contributed by atoms with Gasteiger partial charge in [0.25, 0.3) is 5.91 Å². The van der Waals surface area contributed by atoms with Gasteiger partial charge in [-0.05, 0) is 6.92 Å². The molecule has 0 aromatic heterocycles. The van der Waals surface area contributed by atoms with Crippen molar-refractivity contribution in [2.45, 2.75) is 19.1 Å². The van der Waals surface area contributed by atoms with E-state index in [1.165, 1.54) is 11.8 Å². The van der Waals surface area contributed by atoms with E-state index < -0.39 is 18.1 Å². The second-order valence-corrected chi connectivity index (χ2v) is 2.93. The Labute approximate surface area is 76.5 Å². The van der Waals surface area contributed by atoms with Gasteiger partial charge in [-0.15, -0.1) is 0 Å². The number of aliphatic hydroxyl groups excluding tert-OH is 1. The third-order valence-electron chi connectivity index (χ3n) is 1.92. The van der Waals surface area contributed by atoms with Crippen LogP contribution in [0.4, 0.5) is 0 Å². The van der Waals surface area contributed by atoms with E-state index in [1.807, 2.05) is 6.07 Å². The number of carbonyl (C=O) groups is 1. The Balaban J connectivity index is 2.65. The Morgan fingerprint density at radius 3 is 3.08 bits per heavy atom. The van der Waals surface area contributed by atoms with Crippen molar-refractivity contribution in [2.24, 2.45) is 0 Å². The number of morpholine rings is 1. The van der Waals surface area contributed by atoms with Crippen molar-refractivity contribution in [3.8, 4) is 6.07 Å². The van der Waals surface area contributed by atoms with Gasteiger partial charge in [0.05, 0.1) is 19.3 Å². The van der Waals surface area contributed by atoms with Crippen LogP contribution < -0.4 is 0 Å². The number of ether oxygens (including phenoxy) is 1. The quantitative estimate of drug-likeness (QED) is 0.574. The molecule has 0 bridgehead atoms. The van der Waals surface area contributed by atoms with Crippen molar-refractivity contribution in [3.63, 3.8) is 0 Å². The first-order chi connectivity index (χ1) is 6.16. The number of rotatable bonds is 1. The number of hydrogen-bond donors (Lipinski definition) is 1. The van der Waals surface area contributed by atoms with E-state index in [0.29, 0.717) is 13.2 Å². The van der Waals surface area contributed by atoms with Gasteiger partial charge < -0.3 is 14.7 Å². The molecule has 2 atom stereocenters. The second kappa shape index (κ2) is 4.21. The van der Waals surface area contributed by atoms with Crippen LogP contribution in [-0.2, 0) is 9.53 Å². The van der Waals surface area contributed by atoms with Crippen LogP contribution in [0.3, 0.4) is 0 Å². The molecule has 1 N–H and O–H groups in total. The summed E-state index contributed by atoms with van der Waals surface area (Å²) >= 11 is 0. The maximum Gasteiger partial charge on any atom is 0.252 e. The van der Waals surface area contributed by atoms with E-state index in [1.54, 1.807) is 0 Å². The SMILES string of the molecule is C[C@H](O)C(=O)N1CCOCC1C#N. The van der Waals surface area contributed by atoms with Crippen LogP contribution >= 0.6 is 0 Å². The Bertz CT molecular complexity index is 234. The first-order valence-corrected chi connectivity index (χ1v) is 4.12. The Morgan fingerprint density at radius 1 is 1.85 bits per heavy atom. The highest BCUT2D eigenvalue weighted by molar-refractivity contribution is 5.80. The highest BCUT2D eigenvalue weighted by Gasteiger charge is 2.29. The molecule has 1 aliphatic rings. The van der Waals surface area contributed by atoms with Crippen LogP contribution in [0.15, 0.2) is 0 Å². The molecule has 0 saturated carbocycles. The summed E-state index contributed by atoms with van der Waals surface area (Å²) in [5.74, 6) is -0.408. The molecule has 1 fully saturated rings. The van der Waals surface area contributed by atoms with E-state index in [9.17, 15) is 4.79 Å². The molecule has 0 spiro atoms. The zero-order valence-electron chi connectivity index (χ0n) is 7.43. The van der Waals surface area contributed by atoms with Crippen LogP contribution in [0.2, 0.25) is 0 Å². The van der Waals surface area contributed by atoms with Crippen molar-refractivity contribution >= 4 is 5.91 Å². The highest BCUT2D eigenvalue weighted by atomic mass is 16.5. The van der Waals surface area contributed by atoms with Gasteiger partial charge in [0.2, 0.25) is 0 Å². The smallest absolute Gasteiger partial charge is 0.252 e. The lowest BCUT2D eigenvalue weighted by atomic mass is 10.2. The second-order valence-electron chi connectivity index (χ2n) is 2.93. The minimum Gasteiger partial charge on any atom is -0.384 e. The van der Waals surface area contributed by atoms with Gasteiger partial charge in [0, 0.05) is 6.54 Å². The van der Waals surface area contributed by atoms with Gasteiger partial charge >= 0.3 is 0 Å². The van der Waals surface area contributed by atoms with Gasteiger partial charge in [-0.1, -0.05) is 0 Å². The molecule has 1 rings (SSSR count). The van der Waals surface area contributed by atoms with Crippen LogP contribution in [0.25, 0.3) is 0 Å². The Morgan fingerprint density at radius 2 is 2.54 bits per heavy atom. The van der Waals surface area contributed by atoms with Crippen molar-refractivity contribution in [1.29, 1.82) is 5.26 Å². The van der Waals surface area contributed by atoms with E-state index in [-0.39, 0.29) is 6.61 Å². The number of hydrogen-bond acceptors (Lipinski definition) is 4. The average molecular weight is 184 g/mol. The summed E-state index contributed by atoms with van der Waals surface area (Å²) in [6.45, 7) is 2.43. The molecule has 72 valence electrons. The minimum absolute atomic E-state index is 0.231. The molecule has 1 saturated heterocycles. The van der Waals surface area contributed by atoms with E-state index in [2.05, 4.69) is 0 Å². The maximum absolute atomic E-state index is 11.3. The van der Waals surface area contributed by atoms with Gasteiger partial charge in [0.15, 0.2) is 0 Å². The number of nitriles is 1. The monoisotopic (exact) mass is 184 g/mol. The summed E-state index contributed by atoms with van der Waals surface area (Å²) in [6, 6.07) is 1.40. The molecule has 13 heavy (non-hydrogen) atoms. The van der Waals surface area contributed by atoms with Crippen molar-refractivity contribution < 1.29 is 14.6 Å². The molecular formula is C8H12N2O3. The summed E-state index contributed by atoms with van der Waals surface area (Å²) in [6.07, 6.45) is -1.05. The fourth-order valence-corrected chi connectivity index (χ4v) is 1.21. The molecule has 0 radical (unpaired) electrons. The predicted molar refractivity (Wildman–Crippen MR) is 43.6 cm³/mol. The Kier molecular flexibility index (Phi) is 3.23. The molecule has 0 aromatic carbocycles. The van der Waals surface area contributed by atoms with Crippen LogP contribution in [-0.4, -0.2) is 47.8 Å². The summed E-state index contributed by atoms with van der Waals surface area (Å²) in [4.78, 5) is 12.7. The fraction of sp³-hybridized carbons (Fsp3) is 0.750. The van der Waals surface area contributed by atoms with Gasteiger partial charge in [0.1, 0.15) is 12.1 Å².